The highest BCUT2D eigenvalue weighted by Crippen LogP contribution is 2.28. The predicted molar refractivity (Wildman–Crippen MR) is 81.4 cm³/mol. The minimum absolute atomic E-state index is 0.0412. The van der Waals surface area contributed by atoms with Crippen LogP contribution in [0.2, 0.25) is 0 Å². The second kappa shape index (κ2) is 6.16. The van der Waals surface area contributed by atoms with Crippen molar-refractivity contribution in [1.29, 1.82) is 0 Å². The molecule has 1 aliphatic rings. The Morgan fingerprint density at radius 1 is 1.38 bits per heavy atom. The third kappa shape index (κ3) is 4.48. The number of aliphatic carboxylic acids is 1. The predicted octanol–water partition coefficient (Wildman–Crippen LogP) is 2.97. The highest BCUT2D eigenvalue weighted by Gasteiger charge is 2.29. The molecule has 1 aromatic carbocycles. The van der Waals surface area contributed by atoms with Gasteiger partial charge in [-0.1, -0.05) is 26.0 Å². The molecule has 0 aromatic heterocycles. The Bertz CT molecular complexity index is 540. The Kier molecular flexibility index (Phi) is 4.50. The van der Waals surface area contributed by atoms with E-state index in [1.54, 1.807) is 24.3 Å². The summed E-state index contributed by atoms with van der Waals surface area (Å²) in [5, 5.41) is 11.7. The maximum Gasteiger partial charge on any atom is 0.321 e. The van der Waals surface area contributed by atoms with Crippen molar-refractivity contribution < 1.29 is 14.7 Å². The molecule has 0 aliphatic carbocycles. The number of hydrogen-bond donors (Lipinski definition) is 2. The van der Waals surface area contributed by atoms with Crippen LogP contribution in [0.3, 0.4) is 0 Å². The smallest absolute Gasteiger partial charge is 0.321 e. The average Bonchev–Trinajstić information content (AvgIpc) is 2.37. The maximum atomic E-state index is 12.3. The van der Waals surface area contributed by atoms with E-state index in [1.165, 1.54) is 0 Å². The molecule has 2 amide bonds. The van der Waals surface area contributed by atoms with Crippen molar-refractivity contribution in [3.63, 3.8) is 0 Å². The van der Waals surface area contributed by atoms with E-state index < -0.39 is 5.97 Å². The molecule has 2 N–H and O–H groups in total. The molecule has 1 heterocycles. The van der Waals surface area contributed by atoms with Crippen molar-refractivity contribution in [2.24, 2.45) is 5.41 Å². The number of anilines is 1. The standard InChI is InChI=1S/C16H22N2O3/c1-16(2)7-4-8-18(11-16)15(21)17-13-6-3-5-12(9-13)10-14(19)20/h3,5-6,9H,4,7-8,10-11H2,1-2H3,(H,17,21)(H,19,20). The third-order valence-corrected chi connectivity index (χ3v) is 3.72. The zero-order chi connectivity index (χ0) is 15.5. The number of nitrogens with zero attached hydrogens (tertiary/aromatic N) is 1. The van der Waals surface area contributed by atoms with Crippen LogP contribution in [0.15, 0.2) is 24.3 Å². The van der Waals surface area contributed by atoms with Gasteiger partial charge in [-0.2, -0.15) is 0 Å². The first kappa shape index (κ1) is 15.4. The fourth-order valence-electron chi connectivity index (χ4n) is 2.73. The Hall–Kier alpha value is -2.04. The van der Waals surface area contributed by atoms with E-state index in [4.69, 9.17) is 5.11 Å². The van der Waals surface area contributed by atoms with Gasteiger partial charge in [-0.05, 0) is 36.0 Å². The monoisotopic (exact) mass is 290 g/mol. The lowest BCUT2D eigenvalue weighted by atomic mass is 9.84. The summed E-state index contributed by atoms with van der Waals surface area (Å²) >= 11 is 0. The van der Waals surface area contributed by atoms with E-state index in [0.29, 0.717) is 11.3 Å². The van der Waals surface area contributed by atoms with E-state index in [0.717, 1.165) is 25.9 Å². The molecular formula is C16H22N2O3. The molecule has 1 saturated heterocycles. The van der Waals surface area contributed by atoms with Gasteiger partial charge in [-0.3, -0.25) is 4.79 Å². The zero-order valence-corrected chi connectivity index (χ0v) is 12.6. The Morgan fingerprint density at radius 3 is 2.81 bits per heavy atom. The first-order valence-electron chi connectivity index (χ1n) is 7.22. The fourth-order valence-corrected chi connectivity index (χ4v) is 2.73. The van der Waals surface area contributed by atoms with Gasteiger partial charge in [-0.15, -0.1) is 0 Å². The van der Waals surface area contributed by atoms with Crippen molar-refractivity contribution in [3.8, 4) is 0 Å². The van der Waals surface area contributed by atoms with E-state index in [9.17, 15) is 9.59 Å². The molecule has 0 spiro atoms. The third-order valence-electron chi connectivity index (χ3n) is 3.72. The van der Waals surface area contributed by atoms with Crippen LogP contribution in [0.1, 0.15) is 32.3 Å². The first-order chi connectivity index (χ1) is 9.85. The number of carboxylic acids is 1. The van der Waals surface area contributed by atoms with Crippen LogP contribution >= 0.6 is 0 Å². The minimum atomic E-state index is -0.878. The lowest BCUT2D eigenvalue weighted by Crippen LogP contribution is -2.45. The topological polar surface area (TPSA) is 69.6 Å². The number of piperidine rings is 1. The van der Waals surface area contributed by atoms with E-state index >= 15 is 0 Å². The molecule has 0 radical (unpaired) electrons. The van der Waals surface area contributed by atoms with E-state index in [-0.39, 0.29) is 17.9 Å². The molecule has 0 saturated carbocycles. The number of benzene rings is 1. The van der Waals surface area contributed by atoms with Crippen LogP contribution in [0.5, 0.6) is 0 Å². The first-order valence-corrected chi connectivity index (χ1v) is 7.22. The maximum absolute atomic E-state index is 12.3. The molecule has 2 rings (SSSR count). The average molecular weight is 290 g/mol. The molecule has 1 fully saturated rings. The highest BCUT2D eigenvalue weighted by molar-refractivity contribution is 5.89. The van der Waals surface area contributed by atoms with Crippen molar-refractivity contribution >= 4 is 17.7 Å². The lowest BCUT2D eigenvalue weighted by molar-refractivity contribution is -0.136. The van der Waals surface area contributed by atoms with Gasteiger partial charge < -0.3 is 15.3 Å². The molecule has 5 heteroatoms. The second-order valence-corrected chi connectivity index (χ2v) is 6.39. The summed E-state index contributed by atoms with van der Waals surface area (Å²) in [5.74, 6) is -0.878. The number of urea groups is 1. The van der Waals surface area contributed by atoms with Crippen molar-refractivity contribution in [3.05, 3.63) is 29.8 Å². The highest BCUT2D eigenvalue weighted by atomic mass is 16.4. The van der Waals surface area contributed by atoms with Crippen LogP contribution in [0.4, 0.5) is 10.5 Å². The summed E-state index contributed by atoms with van der Waals surface area (Å²) in [5.41, 5.74) is 1.47. The van der Waals surface area contributed by atoms with Crippen molar-refractivity contribution in [2.45, 2.75) is 33.1 Å². The van der Waals surface area contributed by atoms with Crippen molar-refractivity contribution in [1.82, 2.24) is 4.90 Å². The molecule has 0 bridgehead atoms. The largest absolute Gasteiger partial charge is 0.481 e. The number of carboxylic acid groups (broad SMARTS) is 1. The van der Waals surface area contributed by atoms with Gasteiger partial charge in [0.25, 0.3) is 0 Å². The normalized spacial score (nSPS) is 17.3. The van der Waals surface area contributed by atoms with Gasteiger partial charge in [0.2, 0.25) is 0 Å². The molecule has 21 heavy (non-hydrogen) atoms. The number of amides is 2. The number of rotatable bonds is 3. The Morgan fingerprint density at radius 2 is 2.14 bits per heavy atom. The summed E-state index contributed by atoms with van der Waals surface area (Å²) in [7, 11) is 0. The van der Waals surface area contributed by atoms with Gasteiger partial charge >= 0.3 is 12.0 Å². The molecule has 1 aliphatic heterocycles. The number of carbonyl (C=O) groups is 2. The van der Waals surface area contributed by atoms with Crippen LogP contribution in [0.25, 0.3) is 0 Å². The molecule has 0 atom stereocenters. The zero-order valence-electron chi connectivity index (χ0n) is 12.6. The lowest BCUT2D eigenvalue weighted by Gasteiger charge is -2.37. The molecule has 1 aromatic rings. The Balaban J connectivity index is 2.00. The number of nitrogens with one attached hydrogen (secondary N) is 1. The summed E-state index contributed by atoms with van der Waals surface area (Å²) in [6.45, 7) is 5.84. The molecule has 114 valence electrons. The van der Waals surface area contributed by atoms with E-state index in [2.05, 4.69) is 19.2 Å². The van der Waals surface area contributed by atoms with Crippen LogP contribution in [-0.2, 0) is 11.2 Å². The van der Waals surface area contributed by atoms with Gasteiger partial charge in [0.05, 0.1) is 6.42 Å². The van der Waals surface area contributed by atoms with Gasteiger partial charge in [0, 0.05) is 18.8 Å². The van der Waals surface area contributed by atoms with Crippen molar-refractivity contribution in [2.75, 3.05) is 18.4 Å². The van der Waals surface area contributed by atoms with E-state index in [1.807, 2.05) is 4.90 Å². The summed E-state index contributed by atoms with van der Waals surface area (Å²) in [6, 6.07) is 6.87. The van der Waals surface area contributed by atoms with Crippen LogP contribution in [-0.4, -0.2) is 35.1 Å². The van der Waals surface area contributed by atoms with Crippen LogP contribution < -0.4 is 5.32 Å². The number of carbonyl (C=O) groups excluding carboxylic acids is 1. The summed E-state index contributed by atoms with van der Waals surface area (Å²) in [4.78, 5) is 24.8. The summed E-state index contributed by atoms with van der Waals surface area (Å²) < 4.78 is 0. The van der Waals surface area contributed by atoms with Crippen LogP contribution in [0, 0.1) is 5.41 Å². The molecule has 5 nitrogen and oxygen atoms in total. The fraction of sp³-hybridized carbons (Fsp3) is 0.500. The summed E-state index contributed by atoms with van der Waals surface area (Å²) in [6.07, 6.45) is 2.10. The minimum Gasteiger partial charge on any atom is -0.481 e. The van der Waals surface area contributed by atoms with Gasteiger partial charge in [-0.25, -0.2) is 4.79 Å². The SMILES string of the molecule is CC1(C)CCCN(C(=O)Nc2cccc(CC(=O)O)c2)C1. The molecule has 0 unspecified atom stereocenters. The quantitative estimate of drug-likeness (QED) is 0.899. The molecular weight excluding hydrogens is 268 g/mol. The van der Waals surface area contributed by atoms with Gasteiger partial charge in [0.1, 0.15) is 0 Å². The second-order valence-electron chi connectivity index (χ2n) is 6.39. The Labute approximate surface area is 125 Å². The number of hydrogen-bond acceptors (Lipinski definition) is 2. The van der Waals surface area contributed by atoms with Gasteiger partial charge in [0.15, 0.2) is 0 Å². The number of likely N-dealkylation sites (tertiary alicyclic amines) is 1.